The maximum Gasteiger partial charge on any atom is 0.225 e. The molecule has 1 amide bonds. The van der Waals surface area contributed by atoms with E-state index in [1.807, 2.05) is 18.7 Å². The number of hydrogen-bond donors (Lipinski definition) is 2. The molecule has 1 aromatic rings. The van der Waals surface area contributed by atoms with Crippen LogP contribution in [-0.2, 0) is 17.6 Å². The molecule has 0 aromatic carbocycles. The highest BCUT2D eigenvalue weighted by Gasteiger charge is 2.27. The summed E-state index contributed by atoms with van der Waals surface area (Å²) in [5.74, 6) is 1.13. The summed E-state index contributed by atoms with van der Waals surface area (Å²) in [6, 6.07) is 0.270. The van der Waals surface area contributed by atoms with Crippen LogP contribution in [0.1, 0.15) is 44.8 Å². The van der Waals surface area contributed by atoms with Gasteiger partial charge in [-0.1, -0.05) is 20.8 Å². The van der Waals surface area contributed by atoms with E-state index >= 15 is 0 Å². The van der Waals surface area contributed by atoms with E-state index in [9.17, 15) is 4.79 Å². The molecule has 2 heterocycles. The van der Waals surface area contributed by atoms with Crippen molar-refractivity contribution in [3.8, 4) is 0 Å². The Kier molecular flexibility index (Phi) is 7.68. The van der Waals surface area contributed by atoms with Crippen LogP contribution < -0.4 is 10.6 Å². The SMILES string of the molecule is CCNC(=NCCc1csc(CC)n1)NC1CCN(C(=O)C(C)C)C1. The van der Waals surface area contributed by atoms with Crippen molar-refractivity contribution in [3.63, 3.8) is 0 Å². The molecular formula is C18H31N5OS. The quantitative estimate of drug-likeness (QED) is 0.573. The van der Waals surface area contributed by atoms with Crippen LogP contribution in [-0.4, -0.2) is 54.0 Å². The van der Waals surface area contributed by atoms with Gasteiger partial charge in [-0.2, -0.15) is 0 Å². The fourth-order valence-corrected chi connectivity index (χ4v) is 3.64. The molecule has 1 aromatic heterocycles. The first-order valence-corrected chi connectivity index (χ1v) is 10.2. The molecule has 1 atom stereocenters. The maximum absolute atomic E-state index is 12.1. The molecule has 6 nitrogen and oxygen atoms in total. The lowest BCUT2D eigenvalue weighted by atomic mass is 10.2. The smallest absolute Gasteiger partial charge is 0.225 e. The van der Waals surface area contributed by atoms with E-state index in [0.29, 0.717) is 6.54 Å². The van der Waals surface area contributed by atoms with Crippen molar-refractivity contribution >= 4 is 23.2 Å². The molecule has 1 unspecified atom stereocenters. The van der Waals surface area contributed by atoms with Crippen LogP contribution >= 0.6 is 11.3 Å². The number of aliphatic imine (C=N–C) groups is 1. The molecule has 0 bridgehead atoms. The van der Waals surface area contributed by atoms with E-state index < -0.39 is 0 Å². The highest BCUT2D eigenvalue weighted by molar-refractivity contribution is 7.09. The number of thiazole rings is 1. The zero-order valence-corrected chi connectivity index (χ0v) is 16.7. The maximum atomic E-state index is 12.1. The van der Waals surface area contributed by atoms with Crippen LogP contribution in [0.25, 0.3) is 0 Å². The van der Waals surface area contributed by atoms with Crippen LogP contribution in [0.3, 0.4) is 0 Å². The lowest BCUT2D eigenvalue weighted by molar-refractivity contribution is -0.133. The van der Waals surface area contributed by atoms with Crippen molar-refractivity contribution in [1.82, 2.24) is 20.5 Å². The van der Waals surface area contributed by atoms with Gasteiger partial charge in [-0.15, -0.1) is 11.3 Å². The third kappa shape index (κ3) is 5.99. The molecule has 0 saturated carbocycles. The lowest BCUT2D eigenvalue weighted by Crippen LogP contribution is -2.45. The number of rotatable bonds is 7. The van der Waals surface area contributed by atoms with E-state index in [4.69, 9.17) is 0 Å². The standard InChI is InChI=1S/C18H31N5OS/c1-5-16-21-15(12-25-16)7-9-20-18(19-6-2)22-14-8-10-23(11-14)17(24)13(3)4/h12-14H,5-11H2,1-4H3,(H2,19,20,22). The minimum Gasteiger partial charge on any atom is -0.357 e. The predicted octanol–water partition coefficient (Wildman–Crippen LogP) is 2.06. The Balaban J connectivity index is 1.84. The Morgan fingerprint density at radius 3 is 2.92 bits per heavy atom. The molecule has 7 heteroatoms. The summed E-state index contributed by atoms with van der Waals surface area (Å²) in [5, 5.41) is 10.1. The molecule has 1 saturated heterocycles. The second-order valence-electron chi connectivity index (χ2n) is 6.67. The first-order chi connectivity index (χ1) is 12.0. The Bertz CT molecular complexity index is 584. The summed E-state index contributed by atoms with van der Waals surface area (Å²) in [5.41, 5.74) is 1.12. The number of nitrogens with one attached hydrogen (secondary N) is 2. The van der Waals surface area contributed by atoms with Gasteiger partial charge in [0, 0.05) is 49.9 Å². The second kappa shape index (κ2) is 9.75. The van der Waals surface area contributed by atoms with Crippen molar-refractivity contribution in [2.75, 3.05) is 26.2 Å². The third-order valence-electron chi connectivity index (χ3n) is 4.22. The summed E-state index contributed by atoms with van der Waals surface area (Å²) in [6.07, 6.45) is 2.82. The molecule has 1 aliphatic heterocycles. The zero-order chi connectivity index (χ0) is 18.2. The monoisotopic (exact) mass is 365 g/mol. The number of nitrogens with zero attached hydrogens (tertiary/aromatic N) is 3. The van der Waals surface area contributed by atoms with Gasteiger partial charge in [-0.25, -0.2) is 4.98 Å². The number of carbonyl (C=O) groups excluding carboxylic acids is 1. The summed E-state index contributed by atoms with van der Waals surface area (Å²) in [6.45, 7) is 11.2. The molecule has 0 spiro atoms. The number of carbonyl (C=O) groups is 1. The fraction of sp³-hybridized carbons (Fsp3) is 0.722. The molecule has 0 radical (unpaired) electrons. The van der Waals surface area contributed by atoms with Crippen LogP contribution in [0.4, 0.5) is 0 Å². The van der Waals surface area contributed by atoms with Gasteiger partial charge >= 0.3 is 0 Å². The number of aromatic nitrogens is 1. The van der Waals surface area contributed by atoms with E-state index in [1.54, 1.807) is 11.3 Å². The zero-order valence-electron chi connectivity index (χ0n) is 15.8. The van der Waals surface area contributed by atoms with E-state index in [2.05, 4.69) is 39.8 Å². The minimum absolute atomic E-state index is 0.0618. The third-order valence-corrected chi connectivity index (χ3v) is 5.26. The first kappa shape index (κ1) is 19.7. The average Bonchev–Trinajstić information content (AvgIpc) is 3.23. The molecule has 1 fully saturated rings. The summed E-state index contributed by atoms with van der Waals surface area (Å²) < 4.78 is 0. The minimum atomic E-state index is 0.0618. The topological polar surface area (TPSA) is 69.6 Å². The van der Waals surface area contributed by atoms with E-state index in [0.717, 1.165) is 50.6 Å². The van der Waals surface area contributed by atoms with Crippen molar-refractivity contribution in [3.05, 3.63) is 16.1 Å². The van der Waals surface area contributed by atoms with Crippen LogP contribution in [0.15, 0.2) is 10.4 Å². The highest BCUT2D eigenvalue weighted by Crippen LogP contribution is 2.13. The van der Waals surface area contributed by atoms with Gasteiger partial charge in [0.05, 0.1) is 10.7 Å². The predicted molar refractivity (Wildman–Crippen MR) is 104 cm³/mol. The Hall–Kier alpha value is -1.63. The number of hydrogen-bond acceptors (Lipinski definition) is 4. The van der Waals surface area contributed by atoms with Crippen molar-refractivity contribution in [1.29, 1.82) is 0 Å². The summed E-state index contributed by atoms with van der Waals surface area (Å²) in [7, 11) is 0. The average molecular weight is 366 g/mol. The summed E-state index contributed by atoms with van der Waals surface area (Å²) in [4.78, 5) is 23.3. The molecule has 140 valence electrons. The molecule has 2 rings (SSSR count). The van der Waals surface area contributed by atoms with Gasteiger partial charge in [-0.3, -0.25) is 9.79 Å². The number of guanidine groups is 1. The number of amides is 1. The van der Waals surface area contributed by atoms with Gasteiger partial charge in [0.25, 0.3) is 0 Å². The number of aryl methyl sites for hydroxylation is 1. The van der Waals surface area contributed by atoms with Gasteiger partial charge in [0.15, 0.2) is 5.96 Å². The van der Waals surface area contributed by atoms with Crippen LogP contribution in [0.5, 0.6) is 0 Å². The Labute approximate surface area is 155 Å². The van der Waals surface area contributed by atoms with Crippen molar-refractivity contribution in [2.24, 2.45) is 10.9 Å². The van der Waals surface area contributed by atoms with E-state index in [-0.39, 0.29) is 17.9 Å². The molecular weight excluding hydrogens is 334 g/mol. The largest absolute Gasteiger partial charge is 0.357 e. The molecule has 1 aliphatic rings. The van der Waals surface area contributed by atoms with Gasteiger partial charge in [0.2, 0.25) is 5.91 Å². The normalized spacial score (nSPS) is 18.0. The number of likely N-dealkylation sites (tertiary alicyclic amines) is 1. The fourth-order valence-electron chi connectivity index (χ4n) is 2.87. The first-order valence-electron chi connectivity index (χ1n) is 9.30. The van der Waals surface area contributed by atoms with Crippen LogP contribution in [0, 0.1) is 5.92 Å². The van der Waals surface area contributed by atoms with Gasteiger partial charge < -0.3 is 15.5 Å². The second-order valence-corrected chi connectivity index (χ2v) is 7.61. The van der Waals surface area contributed by atoms with Crippen molar-refractivity contribution < 1.29 is 4.79 Å². The summed E-state index contributed by atoms with van der Waals surface area (Å²) >= 11 is 1.72. The van der Waals surface area contributed by atoms with E-state index in [1.165, 1.54) is 5.01 Å². The van der Waals surface area contributed by atoms with Gasteiger partial charge in [0.1, 0.15) is 0 Å². The molecule has 0 aliphatic carbocycles. The van der Waals surface area contributed by atoms with Crippen molar-refractivity contribution in [2.45, 2.75) is 53.0 Å². The molecule has 25 heavy (non-hydrogen) atoms. The molecule has 2 N–H and O–H groups in total. The Morgan fingerprint density at radius 2 is 2.28 bits per heavy atom. The lowest BCUT2D eigenvalue weighted by Gasteiger charge is -2.20. The highest BCUT2D eigenvalue weighted by atomic mass is 32.1. The van der Waals surface area contributed by atoms with Gasteiger partial charge in [-0.05, 0) is 19.8 Å². The van der Waals surface area contributed by atoms with Crippen LogP contribution in [0.2, 0.25) is 0 Å². The Morgan fingerprint density at radius 1 is 1.48 bits per heavy atom.